The first-order chi connectivity index (χ1) is 7.73. The van der Waals surface area contributed by atoms with E-state index < -0.39 is 5.41 Å². The van der Waals surface area contributed by atoms with E-state index in [0.717, 1.165) is 37.5 Å². The number of para-hydroxylation sites is 1. The predicted molar refractivity (Wildman–Crippen MR) is 62.2 cm³/mol. The van der Waals surface area contributed by atoms with Crippen LogP contribution < -0.4 is 5.32 Å². The van der Waals surface area contributed by atoms with Crippen molar-refractivity contribution in [1.82, 2.24) is 0 Å². The molecule has 1 aliphatic carbocycles. The highest BCUT2D eigenvalue weighted by Crippen LogP contribution is 2.42. The molecule has 0 spiro atoms. The predicted octanol–water partition coefficient (Wildman–Crippen LogP) is 2.88. The monoisotopic (exact) mass is 221 g/mol. The van der Waals surface area contributed by atoms with Crippen LogP contribution in [0.15, 0.2) is 18.2 Å². The molecule has 2 rings (SSSR count). The second-order valence-corrected chi connectivity index (χ2v) is 4.39. The molecule has 0 amide bonds. The average molecular weight is 221 g/mol. The van der Waals surface area contributed by atoms with Crippen LogP contribution in [0.2, 0.25) is 0 Å². The molecule has 1 aliphatic rings. The molecule has 1 fully saturated rings. The summed E-state index contributed by atoms with van der Waals surface area (Å²) in [6.07, 6.45) is 4.73. The van der Waals surface area contributed by atoms with E-state index in [1.165, 1.54) is 6.07 Å². The topological polar surface area (TPSA) is 29.1 Å². The van der Waals surface area contributed by atoms with Crippen molar-refractivity contribution in [2.45, 2.75) is 31.1 Å². The number of carbonyl (C=O) groups excluding carboxylic acids is 1. The molecular formula is C13H16FNO. The molecule has 2 nitrogen and oxygen atoms in total. The first-order valence-electron chi connectivity index (χ1n) is 5.66. The van der Waals surface area contributed by atoms with Gasteiger partial charge in [-0.3, -0.25) is 0 Å². The number of hydrogen-bond acceptors (Lipinski definition) is 2. The Bertz CT molecular complexity index is 397. The van der Waals surface area contributed by atoms with E-state index in [-0.39, 0.29) is 5.82 Å². The van der Waals surface area contributed by atoms with E-state index in [4.69, 9.17) is 0 Å². The van der Waals surface area contributed by atoms with Gasteiger partial charge in [0.2, 0.25) is 0 Å². The zero-order valence-electron chi connectivity index (χ0n) is 9.42. The third kappa shape index (κ3) is 1.60. The van der Waals surface area contributed by atoms with Crippen LogP contribution in [0.25, 0.3) is 0 Å². The van der Waals surface area contributed by atoms with Gasteiger partial charge in [-0.2, -0.15) is 0 Å². The summed E-state index contributed by atoms with van der Waals surface area (Å²) in [4.78, 5) is 11.4. The molecule has 1 N–H and O–H groups in total. The van der Waals surface area contributed by atoms with Crippen molar-refractivity contribution in [2.75, 3.05) is 12.4 Å². The summed E-state index contributed by atoms with van der Waals surface area (Å²) in [7, 11) is 1.69. The lowest BCUT2D eigenvalue weighted by Gasteiger charge is -2.25. The van der Waals surface area contributed by atoms with Crippen LogP contribution in [0.1, 0.15) is 31.2 Å². The zero-order valence-corrected chi connectivity index (χ0v) is 9.42. The average Bonchev–Trinajstić information content (AvgIpc) is 2.78. The van der Waals surface area contributed by atoms with Crippen LogP contribution in [0.3, 0.4) is 0 Å². The minimum atomic E-state index is -0.472. The zero-order chi connectivity index (χ0) is 11.6. The fourth-order valence-corrected chi connectivity index (χ4v) is 2.65. The molecule has 1 saturated carbocycles. The van der Waals surface area contributed by atoms with Crippen molar-refractivity contribution < 1.29 is 9.18 Å². The van der Waals surface area contributed by atoms with Gasteiger partial charge in [0, 0.05) is 7.05 Å². The Morgan fingerprint density at radius 1 is 1.38 bits per heavy atom. The van der Waals surface area contributed by atoms with Gasteiger partial charge in [0.25, 0.3) is 0 Å². The third-order valence-electron chi connectivity index (χ3n) is 3.52. The lowest BCUT2D eigenvalue weighted by molar-refractivity contribution is -0.112. The molecule has 3 heteroatoms. The maximum absolute atomic E-state index is 13.6. The number of aldehydes is 1. The number of hydrogen-bond donors (Lipinski definition) is 1. The van der Waals surface area contributed by atoms with Crippen molar-refractivity contribution in [1.29, 1.82) is 0 Å². The van der Waals surface area contributed by atoms with E-state index in [1.54, 1.807) is 13.1 Å². The Kier molecular flexibility index (Phi) is 2.95. The fraction of sp³-hybridized carbons (Fsp3) is 0.462. The Morgan fingerprint density at radius 3 is 2.62 bits per heavy atom. The number of nitrogens with one attached hydrogen (secondary N) is 1. The van der Waals surface area contributed by atoms with Gasteiger partial charge in [0.05, 0.1) is 11.1 Å². The molecule has 86 valence electrons. The molecule has 0 saturated heterocycles. The molecule has 16 heavy (non-hydrogen) atoms. The minimum absolute atomic E-state index is 0.284. The summed E-state index contributed by atoms with van der Waals surface area (Å²) < 4.78 is 13.6. The van der Waals surface area contributed by atoms with Gasteiger partial charge in [-0.25, -0.2) is 4.39 Å². The normalized spacial score (nSPS) is 18.4. The van der Waals surface area contributed by atoms with Gasteiger partial charge in [-0.15, -0.1) is 0 Å². The molecule has 0 heterocycles. The van der Waals surface area contributed by atoms with Gasteiger partial charge < -0.3 is 10.1 Å². The van der Waals surface area contributed by atoms with Gasteiger partial charge >= 0.3 is 0 Å². The van der Waals surface area contributed by atoms with Crippen LogP contribution in [-0.2, 0) is 10.2 Å². The van der Waals surface area contributed by atoms with E-state index in [9.17, 15) is 9.18 Å². The number of benzene rings is 1. The van der Waals surface area contributed by atoms with Gasteiger partial charge in [0.15, 0.2) is 0 Å². The SMILES string of the molecule is CNc1c(F)cccc1C1(C=O)CCCC1. The van der Waals surface area contributed by atoms with E-state index in [0.29, 0.717) is 5.69 Å². The highest BCUT2D eigenvalue weighted by molar-refractivity contribution is 5.74. The van der Waals surface area contributed by atoms with E-state index >= 15 is 0 Å². The van der Waals surface area contributed by atoms with Crippen LogP contribution in [0.5, 0.6) is 0 Å². The Balaban J connectivity index is 2.53. The van der Waals surface area contributed by atoms with Gasteiger partial charge in [-0.1, -0.05) is 25.0 Å². The van der Waals surface area contributed by atoms with Crippen LogP contribution in [0.4, 0.5) is 10.1 Å². The highest BCUT2D eigenvalue weighted by Gasteiger charge is 2.37. The second-order valence-electron chi connectivity index (χ2n) is 4.39. The number of rotatable bonds is 3. The van der Waals surface area contributed by atoms with Crippen molar-refractivity contribution in [3.63, 3.8) is 0 Å². The molecule has 0 aliphatic heterocycles. The van der Waals surface area contributed by atoms with E-state index in [1.807, 2.05) is 6.07 Å². The minimum Gasteiger partial charge on any atom is -0.386 e. The summed E-state index contributed by atoms with van der Waals surface area (Å²) >= 11 is 0. The molecule has 0 aromatic heterocycles. The van der Waals surface area contributed by atoms with Crippen molar-refractivity contribution in [2.24, 2.45) is 0 Å². The van der Waals surface area contributed by atoms with Crippen molar-refractivity contribution in [3.8, 4) is 0 Å². The van der Waals surface area contributed by atoms with Crippen molar-refractivity contribution >= 4 is 12.0 Å². The maximum Gasteiger partial charge on any atom is 0.146 e. The van der Waals surface area contributed by atoms with Crippen LogP contribution >= 0.6 is 0 Å². The highest BCUT2D eigenvalue weighted by atomic mass is 19.1. The van der Waals surface area contributed by atoms with Gasteiger partial charge in [0.1, 0.15) is 12.1 Å². The number of halogens is 1. The Labute approximate surface area is 94.9 Å². The fourth-order valence-electron chi connectivity index (χ4n) is 2.65. The van der Waals surface area contributed by atoms with Crippen LogP contribution in [0, 0.1) is 5.82 Å². The first-order valence-corrected chi connectivity index (χ1v) is 5.66. The molecule has 0 atom stereocenters. The number of anilines is 1. The summed E-state index contributed by atoms with van der Waals surface area (Å²) in [5, 5.41) is 2.87. The molecule has 1 aromatic rings. The summed E-state index contributed by atoms with van der Waals surface area (Å²) in [6, 6.07) is 4.95. The summed E-state index contributed by atoms with van der Waals surface area (Å²) in [6.45, 7) is 0. The Morgan fingerprint density at radius 2 is 2.06 bits per heavy atom. The van der Waals surface area contributed by atoms with E-state index in [2.05, 4.69) is 5.32 Å². The summed E-state index contributed by atoms with van der Waals surface area (Å²) in [5.74, 6) is -0.284. The smallest absolute Gasteiger partial charge is 0.146 e. The van der Waals surface area contributed by atoms with Crippen LogP contribution in [-0.4, -0.2) is 13.3 Å². The molecule has 0 unspecified atom stereocenters. The molecule has 0 radical (unpaired) electrons. The molecule has 0 bridgehead atoms. The largest absolute Gasteiger partial charge is 0.386 e. The second kappa shape index (κ2) is 4.24. The quantitative estimate of drug-likeness (QED) is 0.795. The van der Waals surface area contributed by atoms with Gasteiger partial charge in [-0.05, 0) is 24.5 Å². The van der Waals surface area contributed by atoms with Crippen molar-refractivity contribution in [3.05, 3.63) is 29.6 Å². The number of carbonyl (C=O) groups is 1. The first kappa shape index (κ1) is 11.1. The Hall–Kier alpha value is -1.38. The molecular weight excluding hydrogens is 205 g/mol. The third-order valence-corrected chi connectivity index (χ3v) is 3.52. The molecule has 1 aromatic carbocycles. The maximum atomic E-state index is 13.6. The lowest BCUT2D eigenvalue weighted by atomic mass is 9.79. The summed E-state index contributed by atoms with van der Waals surface area (Å²) in [5.41, 5.74) is 0.805. The standard InChI is InChI=1S/C13H16FNO/c1-15-12-10(5-4-6-11(12)14)13(9-16)7-2-3-8-13/h4-6,9,15H,2-3,7-8H2,1H3. The lowest BCUT2D eigenvalue weighted by Crippen LogP contribution is -2.25.